The molecule has 2 aliphatic rings. The molecule has 2 aromatic carbocycles. The Bertz CT molecular complexity index is 768. The largest absolute Gasteiger partial charge is 0.497 e. The van der Waals surface area contributed by atoms with Crippen LogP contribution in [0.1, 0.15) is 37.3 Å². The summed E-state index contributed by atoms with van der Waals surface area (Å²) in [6.07, 6.45) is 2.77. The highest BCUT2D eigenvalue weighted by molar-refractivity contribution is 5.96. The quantitative estimate of drug-likeness (QED) is 0.852. The molecule has 3 nitrogen and oxygen atoms in total. The number of ether oxygens (including phenoxy) is 1. The monoisotopic (exact) mass is 321 g/mol. The molecule has 4 rings (SSSR count). The zero-order valence-electron chi connectivity index (χ0n) is 14.3. The Labute approximate surface area is 143 Å². The summed E-state index contributed by atoms with van der Waals surface area (Å²) >= 11 is 0. The molecule has 124 valence electrons. The molecule has 24 heavy (non-hydrogen) atoms. The molecular weight excluding hydrogens is 298 g/mol. The zero-order valence-corrected chi connectivity index (χ0v) is 14.3. The second kappa shape index (κ2) is 5.66. The molecule has 1 fully saturated rings. The zero-order chi connectivity index (χ0) is 16.7. The third-order valence-electron chi connectivity index (χ3n) is 5.79. The number of hydrogen-bond acceptors (Lipinski definition) is 3. The van der Waals surface area contributed by atoms with E-state index in [0.29, 0.717) is 12.2 Å². The number of para-hydroxylation sites is 1. The lowest BCUT2D eigenvalue weighted by atomic mass is 9.68. The van der Waals surface area contributed by atoms with E-state index < -0.39 is 0 Å². The van der Waals surface area contributed by atoms with E-state index in [4.69, 9.17) is 4.74 Å². The van der Waals surface area contributed by atoms with Gasteiger partial charge in [0.25, 0.3) is 0 Å². The van der Waals surface area contributed by atoms with E-state index in [2.05, 4.69) is 48.2 Å². The third-order valence-corrected chi connectivity index (χ3v) is 5.79. The number of nitrogens with zero attached hydrogens (tertiary/aromatic N) is 1. The molecule has 0 bridgehead atoms. The fourth-order valence-electron chi connectivity index (χ4n) is 4.44. The maximum absolute atomic E-state index is 12.8. The summed E-state index contributed by atoms with van der Waals surface area (Å²) in [5, 5.41) is 0. The summed E-state index contributed by atoms with van der Waals surface area (Å²) < 4.78 is 5.25. The minimum absolute atomic E-state index is 0.262. The van der Waals surface area contributed by atoms with E-state index in [1.54, 1.807) is 7.11 Å². The fraction of sp³-hybridized carbons (Fsp3) is 0.381. The molecule has 1 aliphatic carbocycles. The molecule has 0 radical (unpaired) electrons. The third kappa shape index (κ3) is 2.15. The van der Waals surface area contributed by atoms with Crippen LogP contribution in [0.15, 0.2) is 48.5 Å². The van der Waals surface area contributed by atoms with Crippen LogP contribution in [0.25, 0.3) is 0 Å². The average molecular weight is 321 g/mol. The van der Waals surface area contributed by atoms with Gasteiger partial charge in [-0.25, -0.2) is 0 Å². The number of methoxy groups -OCH3 is 1. The second-order valence-electron chi connectivity index (χ2n) is 7.03. The van der Waals surface area contributed by atoms with E-state index in [0.717, 1.165) is 25.1 Å². The predicted molar refractivity (Wildman–Crippen MR) is 95.6 cm³/mol. The van der Waals surface area contributed by atoms with Crippen LogP contribution in [0.5, 0.6) is 5.75 Å². The van der Waals surface area contributed by atoms with Gasteiger partial charge in [0.2, 0.25) is 0 Å². The molecular formula is C21H23NO2. The van der Waals surface area contributed by atoms with Crippen molar-refractivity contribution >= 4 is 11.5 Å². The first-order valence-electron chi connectivity index (χ1n) is 8.67. The van der Waals surface area contributed by atoms with Gasteiger partial charge in [0, 0.05) is 24.7 Å². The molecule has 1 saturated carbocycles. The van der Waals surface area contributed by atoms with Crippen molar-refractivity contribution in [1.82, 2.24) is 0 Å². The molecule has 3 heteroatoms. The molecule has 0 saturated heterocycles. The minimum atomic E-state index is -0.360. The highest BCUT2D eigenvalue weighted by Crippen LogP contribution is 2.50. The molecule has 0 aromatic heterocycles. The lowest BCUT2D eigenvalue weighted by molar-refractivity contribution is -0.126. The average Bonchev–Trinajstić information content (AvgIpc) is 2.87. The molecule has 1 aliphatic heterocycles. The lowest BCUT2D eigenvalue weighted by Crippen LogP contribution is -2.50. The highest BCUT2D eigenvalue weighted by atomic mass is 16.5. The lowest BCUT2D eigenvalue weighted by Gasteiger charge is -2.39. The molecule has 1 heterocycles. The summed E-state index contributed by atoms with van der Waals surface area (Å²) in [4.78, 5) is 15.2. The van der Waals surface area contributed by atoms with Crippen molar-refractivity contribution in [2.24, 2.45) is 0 Å². The number of hydrogen-bond donors (Lipinski definition) is 0. The van der Waals surface area contributed by atoms with E-state index in [-0.39, 0.29) is 11.5 Å². The summed E-state index contributed by atoms with van der Waals surface area (Å²) in [5.74, 6) is 1.27. The van der Waals surface area contributed by atoms with Crippen molar-refractivity contribution in [1.29, 1.82) is 0 Å². The Balaban J connectivity index is 1.73. The van der Waals surface area contributed by atoms with Gasteiger partial charge in [-0.15, -0.1) is 0 Å². The summed E-state index contributed by atoms with van der Waals surface area (Å²) in [5.41, 5.74) is 3.30. The first-order valence-corrected chi connectivity index (χ1v) is 8.67. The number of Topliss-reactive ketones (excluding diaryl/α,β-unsaturated/α-hetero) is 1. The van der Waals surface area contributed by atoms with Gasteiger partial charge in [-0.2, -0.15) is 0 Å². The van der Waals surface area contributed by atoms with Crippen molar-refractivity contribution in [3.05, 3.63) is 59.7 Å². The normalized spacial score (nSPS) is 25.3. The molecule has 0 amide bonds. The van der Waals surface area contributed by atoms with Crippen LogP contribution >= 0.6 is 0 Å². The Morgan fingerprint density at radius 3 is 2.67 bits per heavy atom. The Morgan fingerprint density at radius 2 is 1.92 bits per heavy atom. The Hall–Kier alpha value is -2.29. The number of benzene rings is 2. The van der Waals surface area contributed by atoms with Gasteiger partial charge in [-0.1, -0.05) is 30.3 Å². The molecule has 0 N–H and O–H groups in total. The topological polar surface area (TPSA) is 29.5 Å². The number of carbonyl (C=O) groups is 1. The molecule has 0 unspecified atom stereocenters. The first kappa shape index (κ1) is 15.3. The van der Waals surface area contributed by atoms with Crippen molar-refractivity contribution in [3.63, 3.8) is 0 Å². The van der Waals surface area contributed by atoms with Crippen LogP contribution in [0.3, 0.4) is 0 Å². The number of carbonyl (C=O) groups excluding carboxylic acids is 1. The smallest absolute Gasteiger partial charge is 0.145 e. The fourth-order valence-corrected chi connectivity index (χ4v) is 4.44. The summed E-state index contributed by atoms with van der Waals surface area (Å²) in [7, 11) is 1.69. The van der Waals surface area contributed by atoms with Crippen LogP contribution < -0.4 is 9.64 Å². The second-order valence-corrected chi connectivity index (χ2v) is 7.03. The molecule has 2 aromatic rings. The van der Waals surface area contributed by atoms with E-state index in [9.17, 15) is 4.79 Å². The van der Waals surface area contributed by atoms with Crippen molar-refractivity contribution < 1.29 is 9.53 Å². The Morgan fingerprint density at radius 1 is 1.17 bits per heavy atom. The van der Waals surface area contributed by atoms with Gasteiger partial charge >= 0.3 is 0 Å². The van der Waals surface area contributed by atoms with Crippen LogP contribution in [-0.4, -0.2) is 18.9 Å². The van der Waals surface area contributed by atoms with Gasteiger partial charge < -0.3 is 9.64 Å². The highest BCUT2D eigenvalue weighted by Gasteiger charge is 2.53. The first-order chi connectivity index (χ1) is 11.6. The molecule has 0 spiro atoms. The van der Waals surface area contributed by atoms with Crippen LogP contribution in [-0.2, 0) is 16.8 Å². The van der Waals surface area contributed by atoms with Gasteiger partial charge in [0.1, 0.15) is 11.5 Å². The van der Waals surface area contributed by atoms with Gasteiger partial charge in [0.15, 0.2) is 0 Å². The van der Waals surface area contributed by atoms with E-state index >= 15 is 0 Å². The standard InChI is InChI=1S/C21H23NO2/c1-21-17-6-3-4-7-18(17)22(19(21)8-5-9-20(21)23)14-15-10-12-16(24-2)13-11-15/h3-4,6-7,10-13,19H,5,8-9,14H2,1-2H3/t19-,21-/m1/s1. The number of rotatable bonds is 3. The summed E-state index contributed by atoms with van der Waals surface area (Å²) in [6.45, 7) is 2.97. The van der Waals surface area contributed by atoms with Gasteiger partial charge in [-0.3, -0.25) is 4.79 Å². The minimum Gasteiger partial charge on any atom is -0.497 e. The van der Waals surface area contributed by atoms with Crippen molar-refractivity contribution in [2.75, 3.05) is 12.0 Å². The Kier molecular flexibility index (Phi) is 3.60. The maximum Gasteiger partial charge on any atom is 0.145 e. The SMILES string of the molecule is COc1ccc(CN2c3ccccc3[C@@]3(C)C(=O)CCC[C@@H]23)cc1. The molecule has 2 atom stereocenters. The number of ketones is 1. The van der Waals surface area contributed by atoms with Crippen molar-refractivity contribution in [3.8, 4) is 5.75 Å². The number of anilines is 1. The van der Waals surface area contributed by atoms with Gasteiger partial charge in [-0.05, 0) is 49.1 Å². The van der Waals surface area contributed by atoms with Crippen LogP contribution in [0, 0.1) is 0 Å². The number of fused-ring (bicyclic) bond motifs is 3. The van der Waals surface area contributed by atoms with Crippen molar-refractivity contribution in [2.45, 2.75) is 44.2 Å². The predicted octanol–water partition coefficient (Wildman–Crippen LogP) is 4.09. The summed E-state index contributed by atoms with van der Waals surface area (Å²) in [6, 6.07) is 16.9. The van der Waals surface area contributed by atoms with Gasteiger partial charge in [0.05, 0.1) is 12.5 Å². The maximum atomic E-state index is 12.8. The van der Waals surface area contributed by atoms with E-state index in [1.807, 2.05) is 12.1 Å². The van der Waals surface area contributed by atoms with Crippen LogP contribution in [0.4, 0.5) is 5.69 Å². The van der Waals surface area contributed by atoms with Crippen LogP contribution in [0.2, 0.25) is 0 Å². The van der Waals surface area contributed by atoms with E-state index in [1.165, 1.54) is 16.8 Å².